The number of Topliss-reactive ketones (excluding diaryl/α,β-unsaturated/α-hetero) is 1. The van der Waals surface area contributed by atoms with Crippen LogP contribution in [-0.4, -0.2) is 19.7 Å². The highest BCUT2D eigenvalue weighted by molar-refractivity contribution is 5.97. The normalized spacial score (nSPS) is 25.4. The zero-order chi connectivity index (χ0) is 10.7. The Morgan fingerprint density at radius 2 is 2.33 bits per heavy atom. The number of allylic oxidation sites excluding steroid dienone is 4. The Morgan fingerprint density at radius 1 is 1.47 bits per heavy atom. The van der Waals surface area contributed by atoms with E-state index in [0.717, 1.165) is 30.6 Å². The van der Waals surface area contributed by atoms with Crippen LogP contribution in [0.1, 0.15) is 25.7 Å². The van der Waals surface area contributed by atoms with Gasteiger partial charge in [-0.3, -0.25) is 4.79 Å². The maximum atomic E-state index is 11.6. The number of fused-ring (bicyclic) bond motifs is 1. The van der Waals surface area contributed by atoms with Crippen LogP contribution in [0.5, 0.6) is 0 Å². The molecule has 0 N–H and O–H groups in total. The molecule has 0 aromatic heterocycles. The van der Waals surface area contributed by atoms with Gasteiger partial charge in [0.1, 0.15) is 0 Å². The van der Waals surface area contributed by atoms with Gasteiger partial charge in [0, 0.05) is 20.0 Å². The molecule has 1 fully saturated rings. The first-order valence-electron chi connectivity index (χ1n) is 5.37. The smallest absolute Gasteiger partial charge is 0.188 e. The molecule has 1 saturated carbocycles. The Morgan fingerprint density at radius 3 is 3.13 bits per heavy atom. The van der Waals surface area contributed by atoms with Gasteiger partial charge in [-0.2, -0.15) is 0 Å². The van der Waals surface area contributed by atoms with E-state index in [1.165, 1.54) is 0 Å². The molecule has 3 nitrogen and oxygen atoms in total. The van der Waals surface area contributed by atoms with Gasteiger partial charge >= 0.3 is 0 Å². The molecule has 0 aromatic carbocycles. The van der Waals surface area contributed by atoms with Crippen LogP contribution < -0.4 is 0 Å². The quantitative estimate of drug-likeness (QED) is 0.667. The second-order valence-corrected chi connectivity index (χ2v) is 4.02. The number of hydrogen-bond donors (Lipinski definition) is 0. The lowest BCUT2D eigenvalue weighted by molar-refractivity contribution is -0.117. The number of hydrogen-bond acceptors (Lipinski definition) is 3. The summed E-state index contributed by atoms with van der Waals surface area (Å²) >= 11 is 0. The van der Waals surface area contributed by atoms with E-state index in [9.17, 15) is 4.79 Å². The van der Waals surface area contributed by atoms with Crippen molar-refractivity contribution in [2.24, 2.45) is 5.92 Å². The van der Waals surface area contributed by atoms with Crippen LogP contribution in [0.15, 0.2) is 23.5 Å². The lowest BCUT2D eigenvalue weighted by Gasteiger charge is -2.27. The SMILES string of the molecule is COCOC1=CC=C2C(=O)CCCC2C1. The number of rotatable bonds is 3. The average molecular weight is 208 g/mol. The van der Waals surface area contributed by atoms with E-state index < -0.39 is 0 Å². The van der Waals surface area contributed by atoms with Crippen LogP contribution in [0.3, 0.4) is 0 Å². The van der Waals surface area contributed by atoms with E-state index in [4.69, 9.17) is 9.47 Å². The number of carbonyl (C=O) groups is 1. The molecule has 82 valence electrons. The second kappa shape index (κ2) is 4.62. The van der Waals surface area contributed by atoms with E-state index in [0.29, 0.717) is 18.1 Å². The molecule has 0 radical (unpaired) electrons. The first kappa shape index (κ1) is 10.4. The van der Waals surface area contributed by atoms with E-state index in [2.05, 4.69) is 0 Å². The van der Waals surface area contributed by atoms with Crippen molar-refractivity contribution in [3.63, 3.8) is 0 Å². The molecule has 0 aromatic rings. The maximum Gasteiger partial charge on any atom is 0.188 e. The van der Waals surface area contributed by atoms with Crippen molar-refractivity contribution in [2.75, 3.05) is 13.9 Å². The Bertz CT molecular complexity index is 315. The predicted octanol–water partition coefficient (Wildman–Crippen LogP) is 2.19. The average Bonchev–Trinajstić information content (AvgIpc) is 2.26. The van der Waals surface area contributed by atoms with Crippen molar-refractivity contribution in [3.05, 3.63) is 23.5 Å². The zero-order valence-corrected chi connectivity index (χ0v) is 8.99. The molecule has 0 spiro atoms. The lowest BCUT2D eigenvalue weighted by atomic mass is 9.78. The molecule has 2 rings (SSSR count). The maximum absolute atomic E-state index is 11.6. The Kier molecular flexibility index (Phi) is 3.21. The molecule has 0 bridgehead atoms. The van der Waals surface area contributed by atoms with E-state index in [1.54, 1.807) is 7.11 Å². The minimum absolute atomic E-state index is 0.287. The van der Waals surface area contributed by atoms with Crippen molar-refractivity contribution in [1.82, 2.24) is 0 Å². The monoisotopic (exact) mass is 208 g/mol. The van der Waals surface area contributed by atoms with Crippen LogP contribution in [0, 0.1) is 5.92 Å². The van der Waals surface area contributed by atoms with Crippen molar-refractivity contribution in [1.29, 1.82) is 0 Å². The minimum atomic E-state index is 0.287. The molecule has 0 amide bonds. The molecule has 1 atom stereocenters. The number of carbonyl (C=O) groups excluding carboxylic acids is 1. The summed E-state index contributed by atoms with van der Waals surface area (Å²) in [5.41, 5.74) is 0.992. The summed E-state index contributed by atoms with van der Waals surface area (Å²) in [5, 5.41) is 0. The molecule has 0 aliphatic heterocycles. The summed E-state index contributed by atoms with van der Waals surface area (Å²) < 4.78 is 10.3. The third-order valence-electron chi connectivity index (χ3n) is 2.98. The van der Waals surface area contributed by atoms with Gasteiger partial charge in [-0.25, -0.2) is 0 Å². The van der Waals surface area contributed by atoms with Crippen LogP contribution in [0.25, 0.3) is 0 Å². The van der Waals surface area contributed by atoms with Crippen LogP contribution in [-0.2, 0) is 14.3 Å². The van der Waals surface area contributed by atoms with E-state index >= 15 is 0 Å². The molecule has 0 saturated heterocycles. The lowest BCUT2D eigenvalue weighted by Crippen LogP contribution is -2.22. The molecule has 2 aliphatic rings. The van der Waals surface area contributed by atoms with Crippen molar-refractivity contribution >= 4 is 5.78 Å². The molecule has 3 heteroatoms. The molecular weight excluding hydrogens is 192 g/mol. The standard InChI is InChI=1S/C12H16O3/c1-14-8-15-10-5-6-11-9(7-10)3-2-4-12(11)13/h5-6,9H,2-4,7-8H2,1H3. The molecule has 2 aliphatic carbocycles. The molecule has 1 unspecified atom stereocenters. The van der Waals surface area contributed by atoms with Gasteiger partial charge in [-0.15, -0.1) is 0 Å². The van der Waals surface area contributed by atoms with Gasteiger partial charge in [-0.05, 0) is 30.4 Å². The minimum Gasteiger partial charge on any atom is -0.472 e. The number of methoxy groups -OCH3 is 1. The van der Waals surface area contributed by atoms with Crippen LogP contribution in [0.2, 0.25) is 0 Å². The highest BCUT2D eigenvalue weighted by atomic mass is 16.7. The second-order valence-electron chi connectivity index (χ2n) is 4.02. The first-order chi connectivity index (χ1) is 7.31. The van der Waals surface area contributed by atoms with Crippen molar-refractivity contribution < 1.29 is 14.3 Å². The molecular formula is C12H16O3. The molecule has 0 heterocycles. The fourth-order valence-electron chi connectivity index (χ4n) is 2.21. The summed E-state index contributed by atoms with van der Waals surface area (Å²) in [6.45, 7) is 0.287. The van der Waals surface area contributed by atoms with Crippen molar-refractivity contribution in [3.8, 4) is 0 Å². The van der Waals surface area contributed by atoms with Crippen LogP contribution in [0.4, 0.5) is 0 Å². The zero-order valence-electron chi connectivity index (χ0n) is 8.99. The van der Waals surface area contributed by atoms with Gasteiger partial charge < -0.3 is 9.47 Å². The summed E-state index contributed by atoms with van der Waals surface area (Å²) in [7, 11) is 1.61. The highest BCUT2D eigenvalue weighted by Crippen LogP contribution is 2.34. The number of ketones is 1. The summed E-state index contributed by atoms with van der Waals surface area (Å²) in [6.07, 6.45) is 7.49. The highest BCUT2D eigenvalue weighted by Gasteiger charge is 2.28. The first-order valence-corrected chi connectivity index (χ1v) is 5.37. The van der Waals surface area contributed by atoms with E-state index in [-0.39, 0.29) is 6.79 Å². The molecule has 15 heavy (non-hydrogen) atoms. The Balaban J connectivity index is 2.05. The van der Waals surface area contributed by atoms with Crippen molar-refractivity contribution in [2.45, 2.75) is 25.7 Å². The summed E-state index contributed by atoms with van der Waals surface area (Å²) in [5.74, 6) is 1.62. The fraction of sp³-hybridized carbons (Fsp3) is 0.583. The summed E-state index contributed by atoms with van der Waals surface area (Å²) in [4.78, 5) is 11.6. The largest absolute Gasteiger partial charge is 0.472 e. The topological polar surface area (TPSA) is 35.5 Å². The van der Waals surface area contributed by atoms with Gasteiger partial charge in [0.2, 0.25) is 0 Å². The van der Waals surface area contributed by atoms with Gasteiger partial charge in [-0.1, -0.05) is 6.08 Å². The van der Waals surface area contributed by atoms with E-state index in [1.807, 2.05) is 12.2 Å². The van der Waals surface area contributed by atoms with Gasteiger partial charge in [0.05, 0.1) is 5.76 Å². The Labute approximate surface area is 89.8 Å². The van der Waals surface area contributed by atoms with Gasteiger partial charge in [0.15, 0.2) is 12.6 Å². The summed E-state index contributed by atoms with van der Waals surface area (Å²) in [6, 6.07) is 0. The number of ether oxygens (including phenoxy) is 2. The van der Waals surface area contributed by atoms with Crippen LogP contribution >= 0.6 is 0 Å². The Hall–Kier alpha value is -1.09. The third kappa shape index (κ3) is 2.29. The fourth-order valence-corrected chi connectivity index (χ4v) is 2.21. The van der Waals surface area contributed by atoms with Gasteiger partial charge in [0.25, 0.3) is 0 Å². The predicted molar refractivity (Wildman–Crippen MR) is 56.1 cm³/mol. The third-order valence-corrected chi connectivity index (χ3v) is 2.98.